The second-order valence-electron chi connectivity index (χ2n) is 3.19. The van der Waals surface area contributed by atoms with Crippen LogP contribution in [0, 0.1) is 13.8 Å². The molecule has 0 saturated heterocycles. The van der Waals surface area contributed by atoms with Crippen LogP contribution < -0.4 is 0 Å². The van der Waals surface area contributed by atoms with E-state index in [0.29, 0.717) is 6.42 Å². The van der Waals surface area contributed by atoms with E-state index in [1.54, 1.807) is 0 Å². The SMILES string of the molecule is CCC([O])c1cccc(C)c1C. The van der Waals surface area contributed by atoms with E-state index in [1.807, 2.05) is 39.0 Å². The fourth-order valence-electron chi connectivity index (χ4n) is 1.34. The van der Waals surface area contributed by atoms with Crippen LogP contribution in [-0.2, 0) is 5.11 Å². The number of aryl methyl sites for hydroxylation is 1. The van der Waals surface area contributed by atoms with E-state index < -0.39 is 6.10 Å². The van der Waals surface area contributed by atoms with Crippen LogP contribution in [-0.4, -0.2) is 0 Å². The summed E-state index contributed by atoms with van der Waals surface area (Å²) in [5.74, 6) is 0. The van der Waals surface area contributed by atoms with E-state index in [0.717, 1.165) is 11.1 Å². The normalized spacial score (nSPS) is 13.0. The van der Waals surface area contributed by atoms with Crippen molar-refractivity contribution in [1.29, 1.82) is 0 Å². The molecule has 0 bridgehead atoms. The summed E-state index contributed by atoms with van der Waals surface area (Å²) in [7, 11) is 0. The molecular weight excluding hydrogens is 148 g/mol. The van der Waals surface area contributed by atoms with Crippen LogP contribution in [0.4, 0.5) is 0 Å². The van der Waals surface area contributed by atoms with Crippen molar-refractivity contribution >= 4 is 0 Å². The van der Waals surface area contributed by atoms with E-state index in [-0.39, 0.29) is 0 Å². The molecule has 1 radical (unpaired) electrons. The van der Waals surface area contributed by atoms with Crippen molar-refractivity contribution in [3.05, 3.63) is 34.9 Å². The van der Waals surface area contributed by atoms with Crippen LogP contribution in [0.1, 0.15) is 36.1 Å². The molecule has 1 atom stereocenters. The molecule has 0 fully saturated rings. The fourth-order valence-corrected chi connectivity index (χ4v) is 1.34. The highest BCUT2D eigenvalue weighted by Crippen LogP contribution is 2.22. The first-order valence-electron chi connectivity index (χ1n) is 4.38. The minimum absolute atomic E-state index is 0.551. The van der Waals surface area contributed by atoms with Crippen LogP contribution >= 0.6 is 0 Å². The van der Waals surface area contributed by atoms with Gasteiger partial charge in [0.05, 0.1) is 0 Å². The molecule has 1 unspecified atom stereocenters. The van der Waals surface area contributed by atoms with Crippen molar-refractivity contribution in [2.24, 2.45) is 0 Å². The number of hydrogen-bond donors (Lipinski definition) is 0. The van der Waals surface area contributed by atoms with Gasteiger partial charge in [0.15, 0.2) is 0 Å². The zero-order valence-electron chi connectivity index (χ0n) is 7.92. The van der Waals surface area contributed by atoms with Crippen LogP contribution in [0.5, 0.6) is 0 Å². The predicted molar refractivity (Wildman–Crippen MR) is 49.6 cm³/mol. The molecule has 1 aromatic carbocycles. The van der Waals surface area contributed by atoms with Crippen molar-refractivity contribution in [2.45, 2.75) is 33.3 Å². The van der Waals surface area contributed by atoms with E-state index >= 15 is 0 Å². The van der Waals surface area contributed by atoms with Crippen molar-refractivity contribution in [2.75, 3.05) is 0 Å². The molecule has 65 valence electrons. The zero-order valence-corrected chi connectivity index (χ0v) is 7.92. The number of benzene rings is 1. The minimum Gasteiger partial charge on any atom is -0.228 e. The van der Waals surface area contributed by atoms with Gasteiger partial charge in [-0.1, -0.05) is 25.1 Å². The molecule has 1 aromatic rings. The van der Waals surface area contributed by atoms with Gasteiger partial charge in [0.2, 0.25) is 0 Å². The Hall–Kier alpha value is -0.820. The van der Waals surface area contributed by atoms with Gasteiger partial charge in [-0.15, -0.1) is 0 Å². The molecule has 12 heavy (non-hydrogen) atoms. The van der Waals surface area contributed by atoms with Gasteiger partial charge in [0.1, 0.15) is 6.10 Å². The van der Waals surface area contributed by atoms with Gasteiger partial charge >= 0.3 is 0 Å². The summed E-state index contributed by atoms with van der Waals surface area (Å²) in [6, 6.07) is 5.93. The maximum absolute atomic E-state index is 11.5. The Balaban J connectivity index is 3.07. The molecule has 1 heteroatoms. The molecule has 0 aliphatic carbocycles. The number of rotatable bonds is 2. The summed E-state index contributed by atoms with van der Waals surface area (Å²) >= 11 is 0. The lowest BCUT2D eigenvalue weighted by molar-refractivity contribution is 0.0851. The standard InChI is InChI=1S/C11H15O/c1-4-11(12)10-7-5-6-8(2)9(10)3/h5-7,11H,4H2,1-3H3. The molecule has 0 spiro atoms. The smallest absolute Gasteiger partial charge is 0.118 e. The van der Waals surface area contributed by atoms with Gasteiger partial charge < -0.3 is 0 Å². The summed E-state index contributed by atoms with van der Waals surface area (Å²) in [5, 5.41) is 11.5. The molecule has 0 heterocycles. The van der Waals surface area contributed by atoms with Gasteiger partial charge in [0, 0.05) is 0 Å². The maximum Gasteiger partial charge on any atom is 0.118 e. The Labute approximate surface area is 74.1 Å². The Morgan fingerprint density at radius 3 is 2.58 bits per heavy atom. The predicted octanol–water partition coefficient (Wildman–Crippen LogP) is 3.19. The summed E-state index contributed by atoms with van der Waals surface area (Å²) in [6.45, 7) is 5.99. The third kappa shape index (κ3) is 1.67. The molecule has 0 aliphatic heterocycles. The van der Waals surface area contributed by atoms with Crippen molar-refractivity contribution in [3.8, 4) is 0 Å². The number of hydrogen-bond acceptors (Lipinski definition) is 0. The first kappa shape index (κ1) is 9.27. The molecule has 0 N–H and O–H groups in total. The quantitative estimate of drug-likeness (QED) is 0.638. The van der Waals surface area contributed by atoms with Crippen LogP contribution in [0.15, 0.2) is 18.2 Å². The summed E-state index contributed by atoms with van der Waals surface area (Å²) in [6.07, 6.45) is 0.120. The summed E-state index contributed by atoms with van der Waals surface area (Å²) in [4.78, 5) is 0. The van der Waals surface area contributed by atoms with Crippen LogP contribution in [0.2, 0.25) is 0 Å². The lowest BCUT2D eigenvalue weighted by atomic mass is 9.98. The Kier molecular flexibility index (Phi) is 2.88. The topological polar surface area (TPSA) is 19.9 Å². The molecule has 0 amide bonds. The largest absolute Gasteiger partial charge is 0.228 e. The second kappa shape index (κ2) is 3.72. The maximum atomic E-state index is 11.5. The highest BCUT2D eigenvalue weighted by molar-refractivity contribution is 5.34. The third-order valence-electron chi connectivity index (χ3n) is 2.36. The average molecular weight is 163 g/mol. The monoisotopic (exact) mass is 163 g/mol. The van der Waals surface area contributed by atoms with Crippen molar-refractivity contribution in [1.82, 2.24) is 0 Å². The summed E-state index contributed by atoms with van der Waals surface area (Å²) < 4.78 is 0. The third-order valence-corrected chi connectivity index (χ3v) is 2.36. The van der Waals surface area contributed by atoms with Gasteiger partial charge in [-0.3, -0.25) is 0 Å². The van der Waals surface area contributed by atoms with Crippen LogP contribution in [0.3, 0.4) is 0 Å². The van der Waals surface area contributed by atoms with Crippen LogP contribution in [0.25, 0.3) is 0 Å². The first-order valence-corrected chi connectivity index (χ1v) is 4.38. The molecule has 1 nitrogen and oxygen atoms in total. The van der Waals surface area contributed by atoms with E-state index in [4.69, 9.17) is 0 Å². The molecule has 1 rings (SSSR count). The fraction of sp³-hybridized carbons (Fsp3) is 0.455. The van der Waals surface area contributed by atoms with Crippen molar-refractivity contribution in [3.63, 3.8) is 0 Å². The molecule has 0 aliphatic rings. The average Bonchev–Trinajstić information content (AvgIpc) is 2.08. The second-order valence-corrected chi connectivity index (χ2v) is 3.19. The van der Waals surface area contributed by atoms with E-state index in [9.17, 15) is 5.11 Å². The lowest BCUT2D eigenvalue weighted by Crippen LogP contribution is -1.97. The van der Waals surface area contributed by atoms with Gasteiger partial charge in [-0.25, -0.2) is 5.11 Å². The van der Waals surface area contributed by atoms with Gasteiger partial charge in [-0.05, 0) is 37.0 Å². The van der Waals surface area contributed by atoms with E-state index in [2.05, 4.69) is 0 Å². The molecule has 0 saturated carbocycles. The van der Waals surface area contributed by atoms with Gasteiger partial charge in [-0.2, -0.15) is 0 Å². The highest BCUT2D eigenvalue weighted by atomic mass is 16.3. The lowest BCUT2D eigenvalue weighted by Gasteiger charge is -2.10. The first-order chi connectivity index (χ1) is 5.66. The Morgan fingerprint density at radius 1 is 1.33 bits per heavy atom. The molecule has 0 aromatic heterocycles. The van der Waals surface area contributed by atoms with E-state index in [1.165, 1.54) is 5.56 Å². The summed E-state index contributed by atoms with van der Waals surface area (Å²) in [5.41, 5.74) is 3.32. The Morgan fingerprint density at radius 2 is 2.00 bits per heavy atom. The Bertz CT molecular complexity index is 266. The minimum atomic E-state index is -0.551. The van der Waals surface area contributed by atoms with Crippen molar-refractivity contribution < 1.29 is 5.11 Å². The molecular formula is C11H15O. The van der Waals surface area contributed by atoms with Gasteiger partial charge in [0.25, 0.3) is 0 Å². The zero-order chi connectivity index (χ0) is 9.14. The highest BCUT2D eigenvalue weighted by Gasteiger charge is 2.09.